The van der Waals surface area contributed by atoms with Crippen LogP contribution < -0.4 is 5.32 Å². The molecule has 1 N–H and O–H groups in total. The monoisotopic (exact) mass is 307 g/mol. The van der Waals surface area contributed by atoms with E-state index in [0.29, 0.717) is 11.8 Å². The Morgan fingerprint density at radius 3 is 3.10 bits per heavy atom. The molecule has 0 amide bonds. The van der Waals surface area contributed by atoms with Gasteiger partial charge in [0.2, 0.25) is 0 Å². The lowest BCUT2D eigenvalue weighted by Crippen LogP contribution is -2.44. The molecule has 0 saturated carbocycles. The molecule has 1 aliphatic rings. The number of hydrogen-bond acceptors (Lipinski definition) is 7. The topological polar surface area (TPSA) is 67.1 Å². The first-order valence-corrected chi connectivity index (χ1v) is 8.21. The number of hydrogen-bond donors (Lipinski definition) is 1. The van der Waals surface area contributed by atoms with E-state index < -0.39 is 0 Å². The Morgan fingerprint density at radius 2 is 2.33 bits per heavy atom. The predicted molar refractivity (Wildman–Crippen MR) is 82.2 cm³/mol. The second-order valence-electron chi connectivity index (χ2n) is 5.88. The number of thiazole rings is 1. The van der Waals surface area contributed by atoms with Gasteiger partial charge >= 0.3 is 0 Å². The highest BCUT2D eigenvalue weighted by molar-refractivity contribution is 7.09. The first-order valence-electron chi connectivity index (χ1n) is 7.33. The van der Waals surface area contributed by atoms with Crippen molar-refractivity contribution in [2.75, 3.05) is 26.7 Å². The van der Waals surface area contributed by atoms with Gasteiger partial charge in [-0.1, -0.05) is 19.0 Å². The van der Waals surface area contributed by atoms with Crippen molar-refractivity contribution >= 4 is 11.3 Å². The Kier molecular flexibility index (Phi) is 4.32. The molecule has 0 spiro atoms. The summed E-state index contributed by atoms with van der Waals surface area (Å²) in [4.78, 5) is 11.4. The largest absolute Gasteiger partial charge is 0.332 e. The van der Waals surface area contributed by atoms with Crippen molar-refractivity contribution in [1.82, 2.24) is 25.3 Å². The minimum absolute atomic E-state index is 0.171. The number of nitrogens with zero attached hydrogens (tertiary/aromatic N) is 4. The molecule has 0 bridgehead atoms. The van der Waals surface area contributed by atoms with Gasteiger partial charge in [0.25, 0.3) is 5.89 Å². The van der Waals surface area contributed by atoms with Crippen LogP contribution in [0.1, 0.15) is 30.7 Å². The highest BCUT2D eigenvalue weighted by Gasteiger charge is 2.26. The van der Waals surface area contributed by atoms with Crippen LogP contribution in [0.5, 0.6) is 0 Å². The molecular formula is C14H21N5OS. The van der Waals surface area contributed by atoms with Crippen LogP contribution in [0.3, 0.4) is 0 Å². The van der Waals surface area contributed by atoms with Crippen LogP contribution in [0.25, 0.3) is 11.6 Å². The predicted octanol–water partition coefficient (Wildman–Crippen LogP) is 1.97. The molecule has 0 radical (unpaired) electrons. The first kappa shape index (κ1) is 14.6. The van der Waals surface area contributed by atoms with Crippen LogP contribution in [-0.2, 0) is 6.42 Å². The Bertz CT molecular complexity index is 594. The molecule has 0 aromatic carbocycles. The van der Waals surface area contributed by atoms with E-state index in [4.69, 9.17) is 4.52 Å². The van der Waals surface area contributed by atoms with Crippen molar-refractivity contribution in [2.24, 2.45) is 5.92 Å². The number of likely N-dealkylation sites (N-methyl/N-ethyl adjacent to an activating group) is 1. The summed E-state index contributed by atoms with van der Waals surface area (Å²) in [7, 11) is 2.09. The fourth-order valence-electron chi connectivity index (χ4n) is 2.42. The van der Waals surface area contributed by atoms with Crippen LogP contribution in [0.2, 0.25) is 0 Å². The standard InChI is InChI=1S/C14H21N5OS/c1-9(2)6-12-16-10(8-21-12)14-17-13(18-20-14)11-7-15-4-5-19(11)3/h8-9,11,15H,4-7H2,1-3H3. The summed E-state index contributed by atoms with van der Waals surface area (Å²) in [5.41, 5.74) is 0.792. The molecule has 1 saturated heterocycles. The van der Waals surface area contributed by atoms with Crippen molar-refractivity contribution in [3.63, 3.8) is 0 Å². The van der Waals surface area contributed by atoms with Gasteiger partial charge in [0.1, 0.15) is 5.69 Å². The smallest absolute Gasteiger partial charge is 0.277 e. The van der Waals surface area contributed by atoms with Gasteiger partial charge in [0.15, 0.2) is 5.82 Å². The Labute approximate surface area is 128 Å². The Balaban J connectivity index is 1.76. The molecule has 2 aromatic heterocycles. The summed E-state index contributed by atoms with van der Waals surface area (Å²) in [6.45, 7) is 7.23. The lowest BCUT2D eigenvalue weighted by Gasteiger charge is -2.30. The van der Waals surface area contributed by atoms with E-state index in [0.717, 1.165) is 42.6 Å². The van der Waals surface area contributed by atoms with Gasteiger partial charge < -0.3 is 9.84 Å². The molecule has 7 heteroatoms. The third-order valence-electron chi connectivity index (χ3n) is 3.60. The summed E-state index contributed by atoms with van der Waals surface area (Å²) in [5.74, 6) is 1.86. The number of piperazine rings is 1. The highest BCUT2D eigenvalue weighted by atomic mass is 32.1. The molecule has 21 heavy (non-hydrogen) atoms. The van der Waals surface area contributed by atoms with Crippen LogP contribution in [0.4, 0.5) is 0 Å². The number of nitrogens with one attached hydrogen (secondary N) is 1. The summed E-state index contributed by atoms with van der Waals surface area (Å²) in [5, 5.41) is 10.6. The van der Waals surface area contributed by atoms with Crippen LogP contribution >= 0.6 is 11.3 Å². The van der Waals surface area contributed by atoms with E-state index in [2.05, 4.69) is 46.2 Å². The van der Waals surface area contributed by atoms with Crippen molar-refractivity contribution in [3.05, 3.63) is 16.2 Å². The van der Waals surface area contributed by atoms with Crippen LogP contribution in [-0.4, -0.2) is 46.7 Å². The molecule has 2 aromatic rings. The normalized spacial score (nSPS) is 20.3. The van der Waals surface area contributed by atoms with Crippen molar-refractivity contribution in [3.8, 4) is 11.6 Å². The third-order valence-corrected chi connectivity index (χ3v) is 4.48. The SMILES string of the molecule is CC(C)Cc1nc(-c2nc(C3CNCCN3C)no2)cs1. The summed E-state index contributed by atoms with van der Waals surface area (Å²) in [6.07, 6.45) is 0.987. The van der Waals surface area contributed by atoms with E-state index in [1.807, 2.05) is 5.38 Å². The number of rotatable bonds is 4. The molecule has 3 rings (SSSR count). The zero-order valence-corrected chi connectivity index (χ0v) is 13.5. The first-order chi connectivity index (χ1) is 10.1. The average Bonchev–Trinajstić information content (AvgIpc) is 3.07. The molecule has 1 aliphatic heterocycles. The fraction of sp³-hybridized carbons (Fsp3) is 0.643. The van der Waals surface area contributed by atoms with E-state index in [1.165, 1.54) is 0 Å². The van der Waals surface area contributed by atoms with Crippen molar-refractivity contribution in [1.29, 1.82) is 0 Å². The van der Waals surface area contributed by atoms with E-state index in [1.54, 1.807) is 11.3 Å². The molecule has 1 fully saturated rings. The molecule has 6 nitrogen and oxygen atoms in total. The minimum Gasteiger partial charge on any atom is -0.332 e. The van der Waals surface area contributed by atoms with Crippen molar-refractivity contribution < 1.29 is 4.52 Å². The summed E-state index contributed by atoms with van der Waals surface area (Å²) < 4.78 is 5.40. The van der Waals surface area contributed by atoms with Crippen molar-refractivity contribution in [2.45, 2.75) is 26.3 Å². The molecule has 3 heterocycles. The molecule has 1 atom stereocenters. The van der Waals surface area contributed by atoms with Gasteiger partial charge in [-0.25, -0.2) is 4.98 Å². The molecule has 114 valence electrons. The Hall–Kier alpha value is -1.31. The second-order valence-corrected chi connectivity index (χ2v) is 6.83. The van der Waals surface area contributed by atoms with E-state index in [9.17, 15) is 0 Å². The fourth-order valence-corrected chi connectivity index (χ4v) is 3.40. The zero-order chi connectivity index (χ0) is 14.8. The zero-order valence-electron chi connectivity index (χ0n) is 12.7. The molecule has 1 unspecified atom stereocenters. The van der Waals surface area contributed by atoms with Gasteiger partial charge in [0, 0.05) is 31.4 Å². The maximum absolute atomic E-state index is 5.40. The van der Waals surface area contributed by atoms with Gasteiger partial charge in [-0.2, -0.15) is 4.98 Å². The maximum Gasteiger partial charge on any atom is 0.277 e. The van der Waals surface area contributed by atoms with Gasteiger partial charge in [-0.15, -0.1) is 11.3 Å². The van der Waals surface area contributed by atoms with Crippen LogP contribution in [0.15, 0.2) is 9.90 Å². The van der Waals surface area contributed by atoms with Gasteiger partial charge in [-0.05, 0) is 13.0 Å². The lowest BCUT2D eigenvalue weighted by molar-refractivity contribution is 0.190. The number of aromatic nitrogens is 3. The van der Waals surface area contributed by atoms with Gasteiger partial charge in [0.05, 0.1) is 11.0 Å². The summed E-state index contributed by atoms with van der Waals surface area (Å²) >= 11 is 1.66. The highest BCUT2D eigenvalue weighted by Crippen LogP contribution is 2.25. The van der Waals surface area contributed by atoms with Gasteiger partial charge in [-0.3, -0.25) is 4.90 Å². The lowest BCUT2D eigenvalue weighted by atomic mass is 10.1. The molecule has 0 aliphatic carbocycles. The third kappa shape index (κ3) is 3.30. The van der Waals surface area contributed by atoms with E-state index in [-0.39, 0.29) is 6.04 Å². The molecular weight excluding hydrogens is 286 g/mol. The average molecular weight is 307 g/mol. The quantitative estimate of drug-likeness (QED) is 0.931. The second kappa shape index (κ2) is 6.21. The van der Waals surface area contributed by atoms with E-state index >= 15 is 0 Å². The Morgan fingerprint density at radius 1 is 1.48 bits per heavy atom. The maximum atomic E-state index is 5.40. The minimum atomic E-state index is 0.171. The summed E-state index contributed by atoms with van der Waals surface area (Å²) in [6, 6.07) is 0.171. The van der Waals surface area contributed by atoms with Crippen LogP contribution in [0, 0.1) is 5.92 Å².